The average molecular weight is 542 g/mol. The minimum atomic E-state index is -4.53. The SMILES string of the molecule is O=C(N1c2ccccc2CCC1CN1CCN(C2=COC(CC3=CC=CCC3)=CO2)CC1)C1(C(F)(F)F)CC1. The van der Waals surface area contributed by atoms with Gasteiger partial charge in [-0.2, -0.15) is 13.2 Å². The van der Waals surface area contributed by atoms with E-state index in [0.29, 0.717) is 37.6 Å². The number of amides is 1. The van der Waals surface area contributed by atoms with Crippen LogP contribution in [0.2, 0.25) is 0 Å². The predicted molar refractivity (Wildman–Crippen MR) is 141 cm³/mol. The van der Waals surface area contributed by atoms with Crippen molar-refractivity contribution in [1.82, 2.24) is 9.80 Å². The summed E-state index contributed by atoms with van der Waals surface area (Å²) in [5, 5.41) is 0. The summed E-state index contributed by atoms with van der Waals surface area (Å²) in [6.45, 7) is 3.41. The van der Waals surface area contributed by atoms with Gasteiger partial charge < -0.3 is 19.3 Å². The number of anilines is 1. The van der Waals surface area contributed by atoms with Gasteiger partial charge in [-0.3, -0.25) is 9.69 Å². The Labute approximate surface area is 227 Å². The van der Waals surface area contributed by atoms with Crippen molar-refractivity contribution in [3.05, 3.63) is 77.8 Å². The maximum atomic E-state index is 13.9. The summed E-state index contributed by atoms with van der Waals surface area (Å²) in [4.78, 5) is 19.3. The Hall–Kier alpha value is -3.20. The maximum Gasteiger partial charge on any atom is 0.403 e. The van der Waals surface area contributed by atoms with Crippen molar-refractivity contribution in [2.45, 2.75) is 57.2 Å². The molecule has 1 saturated heterocycles. The molecule has 3 heterocycles. The third kappa shape index (κ3) is 5.21. The number of rotatable bonds is 6. The van der Waals surface area contributed by atoms with E-state index in [1.54, 1.807) is 24.7 Å². The summed E-state index contributed by atoms with van der Waals surface area (Å²) in [7, 11) is 0. The lowest BCUT2D eigenvalue weighted by Gasteiger charge is -2.43. The topological polar surface area (TPSA) is 45.3 Å². The van der Waals surface area contributed by atoms with E-state index in [-0.39, 0.29) is 18.9 Å². The van der Waals surface area contributed by atoms with Crippen LogP contribution < -0.4 is 4.90 Å². The van der Waals surface area contributed by atoms with Crippen LogP contribution in [0.4, 0.5) is 18.9 Å². The molecule has 39 heavy (non-hydrogen) atoms. The van der Waals surface area contributed by atoms with Gasteiger partial charge in [0, 0.05) is 50.9 Å². The van der Waals surface area contributed by atoms with Crippen LogP contribution in [0.15, 0.2) is 72.2 Å². The molecule has 0 radical (unpaired) electrons. The van der Waals surface area contributed by atoms with Gasteiger partial charge in [-0.15, -0.1) is 0 Å². The number of hydrogen-bond acceptors (Lipinski definition) is 5. The van der Waals surface area contributed by atoms with Crippen LogP contribution in [0.25, 0.3) is 0 Å². The number of alkyl halides is 3. The quantitative estimate of drug-likeness (QED) is 0.466. The average Bonchev–Trinajstić information content (AvgIpc) is 3.77. The molecule has 1 unspecified atom stereocenters. The van der Waals surface area contributed by atoms with Crippen molar-refractivity contribution >= 4 is 11.6 Å². The zero-order valence-corrected chi connectivity index (χ0v) is 22.0. The fourth-order valence-electron chi connectivity index (χ4n) is 6.04. The lowest BCUT2D eigenvalue weighted by atomic mass is 9.92. The van der Waals surface area contributed by atoms with E-state index in [2.05, 4.69) is 28.0 Å². The molecule has 2 aliphatic carbocycles. The van der Waals surface area contributed by atoms with Crippen molar-refractivity contribution in [1.29, 1.82) is 0 Å². The van der Waals surface area contributed by atoms with Gasteiger partial charge >= 0.3 is 6.18 Å². The first kappa shape index (κ1) is 26.0. The molecule has 1 saturated carbocycles. The highest BCUT2D eigenvalue weighted by Gasteiger charge is 2.70. The van der Waals surface area contributed by atoms with Crippen LogP contribution in [0.3, 0.4) is 0 Å². The van der Waals surface area contributed by atoms with Crippen LogP contribution >= 0.6 is 0 Å². The van der Waals surface area contributed by atoms with Crippen LogP contribution in [0, 0.1) is 5.41 Å². The largest absolute Gasteiger partial charge is 0.460 e. The maximum absolute atomic E-state index is 13.9. The molecule has 1 aromatic rings. The van der Waals surface area contributed by atoms with Gasteiger partial charge in [0.1, 0.15) is 17.4 Å². The molecule has 6 nitrogen and oxygen atoms in total. The normalized spacial score (nSPS) is 24.6. The molecule has 0 aromatic heterocycles. The minimum absolute atomic E-state index is 0.124. The molecule has 3 aliphatic heterocycles. The van der Waals surface area contributed by atoms with Gasteiger partial charge in [0.2, 0.25) is 11.8 Å². The Morgan fingerprint density at radius 1 is 1.03 bits per heavy atom. The highest BCUT2D eigenvalue weighted by atomic mass is 19.4. The number of aryl methyl sites for hydroxylation is 1. The standard InChI is InChI=1S/C30H34F3N3O3/c31-30(32,33)29(12-13-29)28(37)36-24(11-10-23-8-4-5-9-26(23)36)19-34-14-16-35(17-15-34)27-21-38-25(20-39-27)18-22-6-2-1-3-7-22/h1-2,4-6,8-9,20-21,24H,3,7,10-19H2. The van der Waals surface area contributed by atoms with E-state index in [9.17, 15) is 18.0 Å². The van der Waals surface area contributed by atoms with Crippen molar-refractivity contribution < 1.29 is 27.4 Å². The molecule has 0 N–H and O–H groups in total. The number of halogens is 3. The number of nitrogens with zero attached hydrogens (tertiary/aromatic N) is 3. The predicted octanol–water partition coefficient (Wildman–Crippen LogP) is 5.65. The Kier molecular flexibility index (Phi) is 6.95. The summed E-state index contributed by atoms with van der Waals surface area (Å²) >= 11 is 0. The first-order valence-electron chi connectivity index (χ1n) is 13.9. The zero-order chi connectivity index (χ0) is 27.0. The second-order valence-electron chi connectivity index (χ2n) is 11.1. The van der Waals surface area contributed by atoms with Crippen molar-refractivity contribution in [2.24, 2.45) is 5.41 Å². The van der Waals surface area contributed by atoms with Gasteiger partial charge in [-0.1, -0.05) is 42.0 Å². The number of carbonyl (C=O) groups excluding carboxylic acids is 1. The summed E-state index contributed by atoms with van der Waals surface area (Å²) in [6, 6.07) is 7.10. The van der Waals surface area contributed by atoms with Gasteiger partial charge in [-0.25, -0.2) is 0 Å². The summed E-state index contributed by atoms with van der Waals surface area (Å²) in [5.41, 5.74) is 0.664. The lowest BCUT2D eigenvalue weighted by Crippen LogP contribution is -2.56. The van der Waals surface area contributed by atoms with Crippen LogP contribution in [0.5, 0.6) is 0 Å². The van der Waals surface area contributed by atoms with Crippen molar-refractivity contribution in [3.63, 3.8) is 0 Å². The second kappa shape index (κ2) is 10.4. The Morgan fingerprint density at radius 3 is 2.49 bits per heavy atom. The first-order chi connectivity index (χ1) is 18.8. The molecule has 208 valence electrons. The van der Waals surface area contributed by atoms with E-state index >= 15 is 0 Å². The van der Waals surface area contributed by atoms with Crippen molar-refractivity contribution in [2.75, 3.05) is 37.6 Å². The number of allylic oxidation sites excluding steroid dienone is 4. The van der Waals surface area contributed by atoms with E-state index in [1.165, 1.54) is 10.5 Å². The molecule has 1 amide bonds. The number of hydrogen-bond donors (Lipinski definition) is 0. The number of ether oxygens (including phenoxy) is 2. The summed E-state index contributed by atoms with van der Waals surface area (Å²) in [6.07, 6.45) is 9.14. The zero-order valence-electron chi connectivity index (χ0n) is 22.0. The molecular weight excluding hydrogens is 507 g/mol. The molecule has 6 rings (SSSR count). The fraction of sp³-hybridized carbons (Fsp3) is 0.500. The number of benzene rings is 1. The van der Waals surface area contributed by atoms with Crippen molar-refractivity contribution in [3.8, 4) is 0 Å². The van der Waals surface area contributed by atoms with E-state index in [4.69, 9.17) is 9.47 Å². The second-order valence-corrected chi connectivity index (χ2v) is 11.1. The minimum Gasteiger partial charge on any atom is -0.460 e. The van der Waals surface area contributed by atoms with Crippen LogP contribution in [-0.4, -0.2) is 60.6 Å². The van der Waals surface area contributed by atoms with E-state index in [1.807, 2.05) is 12.1 Å². The van der Waals surface area contributed by atoms with Gasteiger partial charge in [0.25, 0.3) is 0 Å². The molecular formula is C30H34F3N3O3. The Morgan fingerprint density at radius 2 is 1.82 bits per heavy atom. The van der Waals surface area contributed by atoms with Crippen LogP contribution in [-0.2, 0) is 20.7 Å². The number of piperazine rings is 1. The van der Waals surface area contributed by atoms with Crippen LogP contribution in [0.1, 0.15) is 44.1 Å². The Balaban J connectivity index is 1.07. The molecule has 0 bridgehead atoms. The Bertz CT molecular complexity index is 1220. The first-order valence-corrected chi connectivity index (χ1v) is 13.9. The highest BCUT2D eigenvalue weighted by Crippen LogP contribution is 2.59. The summed E-state index contributed by atoms with van der Waals surface area (Å²) < 4.78 is 53.5. The molecule has 2 fully saturated rings. The smallest absolute Gasteiger partial charge is 0.403 e. The monoisotopic (exact) mass is 541 g/mol. The fourth-order valence-corrected chi connectivity index (χ4v) is 6.04. The third-order valence-corrected chi connectivity index (χ3v) is 8.56. The van der Waals surface area contributed by atoms with Gasteiger partial charge in [-0.05, 0) is 50.2 Å². The third-order valence-electron chi connectivity index (χ3n) is 8.56. The number of para-hydroxylation sites is 1. The molecule has 1 aromatic carbocycles. The van der Waals surface area contributed by atoms with E-state index < -0.39 is 17.5 Å². The summed E-state index contributed by atoms with van der Waals surface area (Å²) in [5.74, 6) is 0.667. The highest BCUT2D eigenvalue weighted by molar-refractivity contribution is 6.01. The van der Waals surface area contributed by atoms with Gasteiger partial charge in [0.05, 0.1) is 0 Å². The number of fused-ring (bicyclic) bond motifs is 1. The number of carbonyl (C=O) groups is 1. The molecule has 1 atom stereocenters. The molecule has 9 heteroatoms. The van der Waals surface area contributed by atoms with E-state index in [0.717, 1.165) is 50.1 Å². The molecule has 5 aliphatic rings. The molecule has 0 spiro atoms. The lowest BCUT2D eigenvalue weighted by molar-refractivity contribution is -0.191. The van der Waals surface area contributed by atoms with Gasteiger partial charge in [0.15, 0.2) is 6.26 Å².